The third kappa shape index (κ3) is 4.50. The fourth-order valence-corrected chi connectivity index (χ4v) is 4.60. The second-order valence-electron chi connectivity index (χ2n) is 9.21. The van der Waals surface area contributed by atoms with E-state index in [4.69, 9.17) is 9.73 Å². The number of hydrogen-bond donors (Lipinski definition) is 3. The third-order valence-corrected chi connectivity index (χ3v) is 6.49. The summed E-state index contributed by atoms with van der Waals surface area (Å²) in [6, 6.07) is 26.5. The molecular formula is C29H26N6O3. The van der Waals surface area contributed by atoms with Gasteiger partial charge in [-0.2, -0.15) is 5.10 Å². The van der Waals surface area contributed by atoms with Crippen LogP contribution in [0.2, 0.25) is 0 Å². The molecule has 0 saturated heterocycles. The van der Waals surface area contributed by atoms with Gasteiger partial charge in [0, 0.05) is 29.8 Å². The number of nitrogens with zero attached hydrogens (tertiary/aromatic N) is 3. The fourth-order valence-electron chi connectivity index (χ4n) is 4.60. The number of benzodiazepines with no additional fused rings is 1. The van der Waals surface area contributed by atoms with Gasteiger partial charge in [-0.25, -0.2) is 9.67 Å². The van der Waals surface area contributed by atoms with E-state index in [-0.39, 0.29) is 11.7 Å². The number of carbonyl (C=O) groups is 2. The van der Waals surface area contributed by atoms with Gasteiger partial charge in [0.05, 0.1) is 17.5 Å². The van der Waals surface area contributed by atoms with Crippen LogP contribution in [0.5, 0.6) is 5.88 Å². The standard InChI is InChI=1S/C29H26N6O3/c1-18-16-17-35-29(38-18)23(25(34-35)30-20-12-6-3-7-13-20)27(36)33-26-28(37)31-22-15-9-8-14-21(22)24(32-26)19-10-4-2-5-11-19/h2-15,18,26H,16-17H2,1H3,(H,30,34)(H,31,37)(H,33,36)/t18-,26-/m1/s1. The molecule has 0 saturated carbocycles. The van der Waals surface area contributed by atoms with Crippen LogP contribution < -0.4 is 20.7 Å². The SMILES string of the molecule is C[C@@H]1CCn2nc(Nc3ccccc3)c(C(=O)N[C@H]3N=C(c4ccccc4)c4ccccc4NC3=O)c2O1. The Labute approximate surface area is 219 Å². The average molecular weight is 507 g/mol. The van der Waals surface area contributed by atoms with E-state index in [0.717, 1.165) is 23.2 Å². The van der Waals surface area contributed by atoms with Gasteiger partial charge in [0.15, 0.2) is 5.82 Å². The van der Waals surface area contributed by atoms with Crippen molar-refractivity contribution < 1.29 is 14.3 Å². The van der Waals surface area contributed by atoms with E-state index < -0.39 is 18.0 Å². The Bertz CT molecular complexity index is 1530. The number of para-hydroxylation sites is 2. The number of anilines is 3. The van der Waals surface area contributed by atoms with Gasteiger partial charge < -0.3 is 20.7 Å². The zero-order chi connectivity index (χ0) is 26.1. The first-order valence-electron chi connectivity index (χ1n) is 12.5. The van der Waals surface area contributed by atoms with Crippen LogP contribution in [0, 0.1) is 0 Å². The molecule has 2 atom stereocenters. The number of aryl methyl sites for hydroxylation is 1. The van der Waals surface area contributed by atoms with Crippen molar-refractivity contribution in [2.75, 3.05) is 10.6 Å². The number of aromatic nitrogens is 2. The Morgan fingerprint density at radius 3 is 2.50 bits per heavy atom. The van der Waals surface area contributed by atoms with Gasteiger partial charge in [-0.05, 0) is 25.1 Å². The van der Waals surface area contributed by atoms with Gasteiger partial charge in [-0.1, -0.05) is 66.7 Å². The lowest BCUT2D eigenvalue weighted by molar-refractivity contribution is -0.117. The molecule has 3 heterocycles. The molecule has 3 N–H and O–H groups in total. The van der Waals surface area contributed by atoms with Crippen molar-refractivity contribution in [1.82, 2.24) is 15.1 Å². The quantitative estimate of drug-likeness (QED) is 0.373. The van der Waals surface area contributed by atoms with E-state index >= 15 is 0 Å². The van der Waals surface area contributed by atoms with Crippen molar-refractivity contribution in [1.29, 1.82) is 0 Å². The molecule has 9 nitrogen and oxygen atoms in total. The largest absolute Gasteiger partial charge is 0.474 e. The summed E-state index contributed by atoms with van der Waals surface area (Å²) in [7, 11) is 0. The first-order valence-corrected chi connectivity index (χ1v) is 12.5. The molecular weight excluding hydrogens is 480 g/mol. The zero-order valence-electron chi connectivity index (χ0n) is 20.7. The van der Waals surface area contributed by atoms with E-state index in [2.05, 4.69) is 21.0 Å². The first kappa shape index (κ1) is 23.5. The summed E-state index contributed by atoms with van der Waals surface area (Å²) in [4.78, 5) is 31.8. The van der Waals surface area contributed by atoms with Gasteiger partial charge in [-0.3, -0.25) is 9.59 Å². The Kier molecular flexibility index (Phi) is 6.09. The number of hydrogen-bond acceptors (Lipinski definition) is 6. The number of carbonyl (C=O) groups excluding carboxylic acids is 2. The molecule has 3 aromatic carbocycles. The van der Waals surface area contributed by atoms with Crippen LogP contribution in [-0.4, -0.2) is 39.6 Å². The second kappa shape index (κ2) is 9.85. The van der Waals surface area contributed by atoms with E-state index in [1.165, 1.54) is 0 Å². The summed E-state index contributed by atoms with van der Waals surface area (Å²) in [6.07, 6.45) is -0.478. The predicted molar refractivity (Wildman–Crippen MR) is 145 cm³/mol. The van der Waals surface area contributed by atoms with Gasteiger partial charge in [0.1, 0.15) is 5.56 Å². The number of amides is 2. The maximum absolute atomic E-state index is 13.8. The molecule has 0 unspecified atom stereocenters. The van der Waals surface area contributed by atoms with Gasteiger partial charge >= 0.3 is 0 Å². The maximum atomic E-state index is 13.8. The summed E-state index contributed by atoms with van der Waals surface area (Å²) >= 11 is 0. The molecule has 2 aliphatic heterocycles. The Hall–Kier alpha value is -4.92. The molecule has 2 amide bonds. The first-order chi connectivity index (χ1) is 18.6. The van der Waals surface area contributed by atoms with Gasteiger partial charge in [-0.15, -0.1) is 0 Å². The Morgan fingerprint density at radius 2 is 1.71 bits per heavy atom. The number of rotatable bonds is 5. The lowest BCUT2D eigenvalue weighted by atomic mass is 10.0. The van der Waals surface area contributed by atoms with Crippen molar-refractivity contribution in [3.05, 3.63) is 102 Å². The minimum absolute atomic E-state index is 0.0753. The Balaban J connectivity index is 1.38. The number of aliphatic imine (C=N–C) groups is 1. The third-order valence-electron chi connectivity index (χ3n) is 6.49. The van der Waals surface area contributed by atoms with Crippen molar-refractivity contribution in [3.8, 4) is 5.88 Å². The highest BCUT2D eigenvalue weighted by Gasteiger charge is 2.33. The predicted octanol–water partition coefficient (Wildman–Crippen LogP) is 4.34. The molecule has 190 valence electrons. The van der Waals surface area contributed by atoms with E-state index in [0.29, 0.717) is 29.6 Å². The molecule has 2 aliphatic rings. The molecule has 38 heavy (non-hydrogen) atoms. The number of fused-ring (bicyclic) bond motifs is 2. The lowest BCUT2D eigenvalue weighted by Gasteiger charge is -2.22. The fraction of sp³-hybridized carbons (Fsp3) is 0.172. The van der Waals surface area contributed by atoms with E-state index in [1.54, 1.807) is 4.68 Å². The van der Waals surface area contributed by atoms with Crippen LogP contribution in [0.3, 0.4) is 0 Å². The molecule has 0 spiro atoms. The number of ether oxygens (including phenoxy) is 1. The smallest absolute Gasteiger partial charge is 0.269 e. The van der Waals surface area contributed by atoms with E-state index in [9.17, 15) is 9.59 Å². The lowest BCUT2D eigenvalue weighted by Crippen LogP contribution is -2.42. The zero-order valence-corrected chi connectivity index (χ0v) is 20.7. The van der Waals surface area contributed by atoms with Crippen LogP contribution in [-0.2, 0) is 11.3 Å². The molecule has 0 radical (unpaired) electrons. The van der Waals surface area contributed by atoms with Crippen molar-refractivity contribution in [3.63, 3.8) is 0 Å². The topological polar surface area (TPSA) is 110 Å². The van der Waals surface area contributed by atoms with Crippen LogP contribution in [0.15, 0.2) is 89.9 Å². The second-order valence-corrected chi connectivity index (χ2v) is 9.21. The molecule has 0 bridgehead atoms. The summed E-state index contributed by atoms with van der Waals surface area (Å²) in [6.45, 7) is 2.57. The summed E-state index contributed by atoms with van der Waals surface area (Å²) in [5.41, 5.74) is 3.85. The van der Waals surface area contributed by atoms with Crippen molar-refractivity contribution >= 4 is 34.7 Å². The summed E-state index contributed by atoms with van der Waals surface area (Å²) < 4.78 is 7.73. The van der Waals surface area contributed by atoms with Gasteiger partial charge in [0.2, 0.25) is 12.0 Å². The molecule has 0 aliphatic carbocycles. The Morgan fingerprint density at radius 1 is 1.00 bits per heavy atom. The van der Waals surface area contributed by atoms with Crippen LogP contribution >= 0.6 is 0 Å². The minimum Gasteiger partial charge on any atom is -0.474 e. The highest BCUT2D eigenvalue weighted by atomic mass is 16.5. The average Bonchev–Trinajstić information content (AvgIpc) is 3.22. The molecule has 9 heteroatoms. The van der Waals surface area contributed by atoms with Crippen LogP contribution in [0.1, 0.15) is 34.8 Å². The summed E-state index contributed by atoms with van der Waals surface area (Å²) in [5.74, 6) is -0.239. The minimum atomic E-state index is -1.17. The maximum Gasteiger partial charge on any atom is 0.269 e. The number of benzene rings is 3. The molecule has 1 aromatic heterocycles. The highest BCUT2D eigenvalue weighted by Crippen LogP contribution is 2.33. The number of nitrogens with one attached hydrogen (secondary N) is 3. The van der Waals surface area contributed by atoms with Crippen LogP contribution in [0.25, 0.3) is 0 Å². The van der Waals surface area contributed by atoms with Gasteiger partial charge in [0.25, 0.3) is 11.8 Å². The molecule has 6 rings (SSSR count). The molecule has 0 fully saturated rings. The van der Waals surface area contributed by atoms with Crippen LogP contribution in [0.4, 0.5) is 17.2 Å². The monoisotopic (exact) mass is 506 g/mol. The highest BCUT2D eigenvalue weighted by molar-refractivity contribution is 6.20. The van der Waals surface area contributed by atoms with E-state index in [1.807, 2.05) is 91.9 Å². The van der Waals surface area contributed by atoms with Crippen molar-refractivity contribution in [2.45, 2.75) is 32.2 Å². The molecule has 4 aromatic rings. The summed E-state index contributed by atoms with van der Waals surface area (Å²) in [5, 5.41) is 13.6. The normalized spacial score (nSPS) is 18.1. The van der Waals surface area contributed by atoms with Crippen molar-refractivity contribution in [2.24, 2.45) is 4.99 Å².